The lowest BCUT2D eigenvalue weighted by molar-refractivity contribution is 0.874. The number of aromatic nitrogens is 2. The maximum absolute atomic E-state index is 12.0. The third-order valence-electron chi connectivity index (χ3n) is 2.98. The predicted molar refractivity (Wildman–Crippen MR) is 71.3 cm³/mol. The van der Waals surface area contributed by atoms with E-state index in [-0.39, 0.29) is 5.56 Å². The molecule has 3 rings (SSSR count). The number of hydrogen-bond acceptors (Lipinski definition) is 2. The molecular formula is C15H11N2O. The van der Waals surface area contributed by atoms with Crippen molar-refractivity contribution < 1.29 is 0 Å². The van der Waals surface area contributed by atoms with E-state index in [9.17, 15) is 4.79 Å². The van der Waals surface area contributed by atoms with Crippen LogP contribution in [0.5, 0.6) is 0 Å². The van der Waals surface area contributed by atoms with Gasteiger partial charge >= 0.3 is 0 Å². The fraction of sp³-hybridized carbons (Fsp3) is 0.0667. The Bertz CT molecular complexity index is 760. The molecule has 0 amide bonds. The Hall–Kier alpha value is -2.42. The van der Waals surface area contributed by atoms with Crippen LogP contribution in [0, 0.1) is 6.07 Å². The van der Waals surface area contributed by atoms with Gasteiger partial charge in [-0.25, -0.2) is 0 Å². The van der Waals surface area contributed by atoms with Crippen LogP contribution in [0.2, 0.25) is 0 Å². The van der Waals surface area contributed by atoms with Crippen molar-refractivity contribution in [3.63, 3.8) is 0 Å². The molecule has 0 bridgehead atoms. The first-order chi connectivity index (χ1) is 8.77. The molecule has 3 nitrogen and oxygen atoms in total. The van der Waals surface area contributed by atoms with E-state index in [0.717, 1.165) is 16.5 Å². The lowest BCUT2D eigenvalue weighted by Gasteiger charge is -2.08. The SMILES string of the molecule is Cn1cc(-c2[c]cccc2)c2ccncc2c1=O. The van der Waals surface area contributed by atoms with Crippen LogP contribution in [-0.4, -0.2) is 9.55 Å². The van der Waals surface area contributed by atoms with E-state index in [2.05, 4.69) is 11.1 Å². The van der Waals surface area contributed by atoms with Gasteiger partial charge in [0.15, 0.2) is 0 Å². The highest BCUT2D eigenvalue weighted by Gasteiger charge is 2.08. The van der Waals surface area contributed by atoms with E-state index in [1.54, 1.807) is 24.0 Å². The minimum atomic E-state index is -0.0298. The van der Waals surface area contributed by atoms with Crippen LogP contribution in [-0.2, 0) is 7.05 Å². The van der Waals surface area contributed by atoms with Crippen molar-refractivity contribution in [2.24, 2.45) is 7.05 Å². The van der Waals surface area contributed by atoms with Gasteiger partial charge < -0.3 is 4.57 Å². The second kappa shape index (κ2) is 4.11. The third-order valence-corrected chi connectivity index (χ3v) is 2.98. The zero-order valence-electron chi connectivity index (χ0n) is 9.92. The molecule has 87 valence electrons. The largest absolute Gasteiger partial charge is 0.317 e. The molecule has 0 saturated heterocycles. The van der Waals surface area contributed by atoms with Crippen molar-refractivity contribution in [3.05, 3.63) is 65.3 Å². The van der Waals surface area contributed by atoms with Gasteiger partial charge in [-0.1, -0.05) is 24.3 Å². The molecule has 1 aromatic carbocycles. The molecule has 0 fully saturated rings. The van der Waals surface area contributed by atoms with Crippen molar-refractivity contribution in [2.75, 3.05) is 0 Å². The average molecular weight is 235 g/mol. The molecule has 0 aliphatic heterocycles. The monoisotopic (exact) mass is 235 g/mol. The van der Waals surface area contributed by atoms with Crippen LogP contribution in [0.15, 0.2) is 53.7 Å². The molecule has 0 atom stereocenters. The summed E-state index contributed by atoms with van der Waals surface area (Å²) in [5.74, 6) is 0. The molecule has 0 unspecified atom stereocenters. The highest BCUT2D eigenvalue weighted by Crippen LogP contribution is 2.25. The Labute approximate surface area is 104 Å². The average Bonchev–Trinajstić information content (AvgIpc) is 2.44. The molecule has 2 heterocycles. The Morgan fingerprint density at radius 1 is 1.22 bits per heavy atom. The van der Waals surface area contributed by atoms with Gasteiger partial charge in [0.05, 0.1) is 5.39 Å². The molecule has 3 heteroatoms. The Morgan fingerprint density at radius 2 is 2.11 bits per heavy atom. The summed E-state index contributed by atoms with van der Waals surface area (Å²) < 4.78 is 1.58. The molecule has 0 saturated carbocycles. The molecular weight excluding hydrogens is 224 g/mol. The summed E-state index contributed by atoms with van der Waals surface area (Å²) in [6, 6.07) is 12.8. The Morgan fingerprint density at radius 3 is 2.89 bits per heavy atom. The zero-order valence-corrected chi connectivity index (χ0v) is 9.92. The highest BCUT2D eigenvalue weighted by molar-refractivity contribution is 5.95. The lowest BCUT2D eigenvalue weighted by Crippen LogP contribution is -2.16. The van der Waals surface area contributed by atoms with Crippen LogP contribution in [0.1, 0.15) is 0 Å². The van der Waals surface area contributed by atoms with Crippen LogP contribution in [0.25, 0.3) is 21.9 Å². The van der Waals surface area contributed by atoms with Gasteiger partial charge in [-0.05, 0) is 23.1 Å². The number of hydrogen-bond donors (Lipinski definition) is 0. The van der Waals surface area contributed by atoms with E-state index in [4.69, 9.17) is 0 Å². The summed E-state index contributed by atoms with van der Waals surface area (Å²) in [6.45, 7) is 0. The van der Waals surface area contributed by atoms with Crippen molar-refractivity contribution >= 4 is 10.8 Å². The van der Waals surface area contributed by atoms with Crippen molar-refractivity contribution in [2.45, 2.75) is 0 Å². The van der Waals surface area contributed by atoms with Gasteiger partial charge in [0, 0.05) is 31.2 Å². The molecule has 0 N–H and O–H groups in total. The smallest absolute Gasteiger partial charge is 0.259 e. The van der Waals surface area contributed by atoms with E-state index in [1.165, 1.54) is 0 Å². The van der Waals surface area contributed by atoms with Gasteiger partial charge in [0.2, 0.25) is 0 Å². The molecule has 2 aromatic heterocycles. The van der Waals surface area contributed by atoms with E-state index < -0.39 is 0 Å². The van der Waals surface area contributed by atoms with Crippen LogP contribution in [0.3, 0.4) is 0 Å². The van der Waals surface area contributed by atoms with Crippen LogP contribution < -0.4 is 5.56 Å². The summed E-state index contributed by atoms with van der Waals surface area (Å²) in [5, 5.41) is 1.55. The number of fused-ring (bicyclic) bond motifs is 1. The maximum atomic E-state index is 12.0. The number of nitrogens with zero attached hydrogens (tertiary/aromatic N) is 2. The Kier molecular flexibility index (Phi) is 2.45. The number of rotatable bonds is 1. The molecule has 3 aromatic rings. The van der Waals surface area contributed by atoms with Crippen LogP contribution >= 0.6 is 0 Å². The zero-order chi connectivity index (χ0) is 12.5. The predicted octanol–water partition coefficient (Wildman–Crippen LogP) is 2.40. The van der Waals surface area contributed by atoms with E-state index >= 15 is 0 Å². The fourth-order valence-corrected chi connectivity index (χ4v) is 2.09. The number of pyridine rings is 2. The van der Waals surface area contributed by atoms with Gasteiger partial charge in [0.1, 0.15) is 0 Å². The maximum Gasteiger partial charge on any atom is 0.259 e. The normalized spacial score (nSPS) is 10.7. The van der Waals surface area contributed by atoms with E-state index in [1.807, 2.05) is 36.5 Å². The quantitative estimate of drug-likeness (QED) is 0.649. The first-order valence-electron chi connectivity index (χ1n) is 5.68. The van der Waals surface area contributed by atoms with Crippen LogP contribution in [0.4, 0.5) is 0 Å². The molecule has 0 spiro atoms. The number of aryl methyl sites for hydroxylation is 1. The summed E-state index contributed by atoms with van der Waals surface area (Å²) in [4.78, 5) is 16.1. The van der Waals surface area contributed by atoms with Gasteiger partial charge in [-0.15, -0.1) is 0 Å². The summed E-state index contributed by atoms with van der Waals surface area (Å²) in [5.41, 5.74) is 1.94. The number of benzene rings is 1. The highest BCUT2D eigenvalue weighted by atomic mass is 16.1. The first-order valence-corrected chi connectivity index (χ1v) is 5.68. The fourth-order valence-electron chi connectivity index (χ4n) is 2.09. The van der Waals surface area contributed by atoms with Crippen molar-refractivity contribution in [3.8, 4) is 11.1 Å². The Balaban J connectivity index is 2.44. The summed E-state index contributed by atoms with van der Waals surface area (Å²) in [6.07, 6.45) is 5.16. The van der Waals surface area contributed by atoms with Gasteiger partial charge in [0.25, 0.3) is 5.56 Å². The molecule has 0 aliphatic rings. The second-order valence-electron chi connectivity index (χ2n) is 4.16. The topological polar surface area (TPSA) is 34.9 Å². The van der Waals surface area contributed by atoms with Gasteiger partial charge in [-0.2, -0.15) is 0 Å². The second-order valence-corrected chi connectivity index (χ2v) is 4.16. The lowest BCUT2D eigenvalue weighted by atomic mass is 10.0. The summed E-state index contributed by atoms with van der Waals surface area (Å²) >= 11 is 0. The molecule has 0 aliphatic carbocycles. The molecule has 1 radical (unpaired) electrons. The summed E-state index contributed by atoms with van der Waals surface area (Å²) in [7, 11) is 1.75. The minimum Gasteiger partial charge on any atom is -0.317 e. The minimum absolute atomic E-state index is 0.0298. The van der Waals surface area contributed by atoms with Gasteiger partial charge in [-0.3, -0.25) is 9.78 Å². The van der Waals surface area contributed by atoms with Crippen molar-refractivity contribution in [1.82, 2.24) is 9.55 Å². The molecule has 18 heavy (non-hydrogen) atoms. The van der Waals surface area contributed by atoms with E-state index in [0.29, 0.717) is 5.39 Å². The van der Waals surface area contributed by atoms with Crippen molar-refractivity contribution in [1.29, 1.82) is 0 Å². The third kappa shape index (κ3) is 1.61. The standard InChI is InChI=1S/C15H11N2O/c1-17-10-14(11-5-3-2-4-6-11)12-7-8-16-9-13(12)15(17)18/h2-5,7-10H,1H3. The first kappa shape index (κ1) is 10.7.